The second-order valence-corrected chi connectivity index (χ2v) is 4.22. The lowest BCUT2D eigenvalue weighted by Crippen LogP contribution is -1.82. The van der Waals surface area contributed by atoms with E-state index in [-0.39, 0.29) is 0 Å². The van der Waals surface area contributed by atoms with Crippen LogP contribution in [0.3, 0.4) is 0 Å². The van der Waals surface area contributed by atoms with E-state index in [2.05, 4.69) is 20.9 Å². The molecule has 2 nitrogen and oxygen atoms in total. The van der Waals surface area contributed by atoms with Crippen LogP contribution < -0.4 is 0 Å². The van der Waals surface area contributed by atoms with E-state index < -0.39 is 4.84 Å². The maximum Gasteiger partial charge on any atom is 0.240 e. The van der Waals surface area contributed by atoms with E-state index in [1.54, 1.807) is 18.2 Å². The number of aliphatic imine (C=N–C) groups is 1. The summed E-state index contributed by atoms with van der Waals surface area (Å²) in [6, 6.07) is 5.10. The molecule has 0 aromatic heterocycles. The lowest BCUT2D eigenvalue weighted by atomic mass is 10.2. The summed E-state index contributed by atoms with van der Waals surface area (Å²) in [6.07, 6.45) is 1.44. The third-order valence-corrected chi connectivity index (χ3v) is 2.35. The second kappa shape index (κ2) is 4.77. The summed E-state index contributed by atoms with van der Waals surface area (Å²) >= 11 is 14.6. The monoisotopic (exact) mass is 279 g/mol. The lowest BCUT2D eigenvalue weighted by Gasteiger charge is -2.04. The molecule has 0 aliphatic carbocycles. The molecule has 0 spiro atoms. The van der Waals surface area contributed by atoms with Gasteiger partial charge < -0.3 is 0 Å². The number of alkyl halides is 2. The average molecular weight is 281 g/mol. The Labute approximate surface area is 93.7 Å². The van der Waals surface area contributed by atoms with Crippen LogP contribution in [0.5, 0.6) is 0 Å². The maximum atomic E-state index is 10.0. The van der Waals surface area contributed by atoms with Crippen molar-refractivity contribution in [3.05, 3.63) is 28.2 Å². The Bertz CT molecular complexity index is 361. The van der Waals surface area contributed by atoms with Gasteiger partial charge in [0.2, 0.25) is 6.08 Å². The van der Waals surface area contributed by atoms with Crippen LogP contribution in [0.15, 0.2) is 27.7 Å². The van der Waals surface area contributed by atoms with Gasteiger partial charge in [-0.3, -0.25) is 0 Å². The highest BCUT2D eigenvalue weighted by molar-refractivity contribution is 9.10. The van der Waals surface area contributed by atoms with E-state index in [1.165, 1.54) is 6.08 Å². The topological polar surface area (TPSA) is 29.4 Å². The van der Waals surface area contributed by atoms with Crippen LogP contribution in [-0.4, -0.2) is 6.08 Å². The summed E-state index contributed by atoms with van der Waals surface area (Å²) in [4.78, 5) is 12.8. The molecule has 68 valence electrons. The van der Waals surface area contributed by atoms with Crippen molar-refractivity contribution in [2.45, 2.75) is 4.84 Å². The number of benzene rings is 1. The van der Waals surface area contributed by atoms with Crippen molar-refractivity contribution in [3.8, 4) is 0 Å². The first-order chi connectivity index (χ1) is 6.15. The standard InChI is InChI=1S/C8H4BrCl2NO/c9-5-1-2-7(12-4-13)6(3-5)8(10)11/h1-3,8H. The summed E-state index contributed by atoms with van der Waals surface area (Å²) in [5.41, 5.74) is 1.02. The Morgan fingerprint density at radius 3 is 2.69 bits per heavy atom. The molecule has 5 heteroatoms. The van der Waals surface area contributed by atoms with Crippen molar-refractivity contribution in [1.82, 2.24) is 0 Å². The van der Waals surface area contributed by atoms with Crippen LogP contribution in [0.1, 0.15) is 10.4 Å². The van der Waals surface area contributed by atoms with Gasteiger partial charge in [0, 0.05) is 10.0 Å². The average Bonchev–Trinajstić information content (AvgIpc) is 2.08. The highest BCUT2D eigenvalue weighted by Gasteiger charge is 2.09. The first-order valence-corrected chi connectivity index (χ1v) is 4.97. The van der Waals surface area contributed by atoms with E-state index in [1.807, 2.05) is 0 Å². The molecule has 0 fully saturated rings. The summed E-state index contributed by atoms with van der Waals surface area (Å²) in [5.74, 6) is 0. The van der Waals surface area contributed by atoms with Gasteiger partial charge in [-0.05, 0) is 18.2 Å². The molecule has 0 heterocycles. The number of nitrogens with zero attached hydrogens (tertiary/aromatic N) is 1. The van der Waals surface area contributed by atoms with Gasteiger partial charge >= 0.3 is 0 Å². The molecule has 0 saturated heterocycles. The van der Waals surface area contributed by atoms with Gasteiger partial charge in [0.1, 0.15) is 4.84 Å². The Hall–Kier alpha value is -0.340. The molecular formula is C8H4BrCl2NO. The maximum absolute atomic E-state index is 10.0. The Balaban J connectivity index is 3.26. The van der Waals surface area contributed by atoms with Crippen molar-refractivity contribution in [2.75, 3.05) is 0 Å². The molecule has 1 aromatic rings. The molecule has 0 saturated carbocycles. The van der Waals surface area contributed by atoms with E-state index in [0.29, 0.717) is 11.3 Å². The number of rotatable bonds is 2. The minimum absolute atomic E-state index is 0.438. The molecule has 0 amide bonds. The summed E-state index contributed by atoms with van der Waals surface area (Å²) in [7, 11) is 0. The smallest absolute Gasteiger partial charge is 0.211 e. The second-order valence-electron chi connectivity index (χ2n) is 2.21. The van der Waals surface area contributed by atoms with E-state index >= 15 is 0 Å². The van der Waals surface area contributed by atoms with Crippen molar-refractivity contribution in [2.24, 2.45) is 4.99 Å². The van der Waals surface area contributed by atoms with Crippen LogP contribution in [0, 0.1) is 0 Å². The minimum Gasteiger partial charge on any atom is -0.211 e. The fourth-order valence-corrected chi connectivity index (χ4v) is 1.58. The molecule has 0 unspecified atom stereocenters. The quantitative estimate of drug-likeness (QED) is 0.459. The fourth-order valence-electron chi connectivity index (χ4n) is 0.851. The van der Waals surface area contributed by atoms with Gasteiger partial charge in [-0.25, -0.2) is 4.79 Å². The number of carbonyl (C=O) groups excluding carboxylic acids is 1. The first kappa shape index (κ1) is 10.7. The van der Waals surface area contributed by atoms with E-state index in [4.69, 9.17) is 23.2 Å². The van der Waals surface area contributed by atoms with Crippen LogP contribution >= 0.6 is 39.1 Å². The zero-order chi connectivity index (χ0) is 9.84. The van der Waals surface area contributed by atoms with Crippen molar-refractivity contribution in [1.29, 1.82) is 0 Å². The summed E-state index contributed by atoms with van der Waals surface area (Å²) in [5, 5.41) is 0. The molecule has 0 aliphatic heterocycles. The molecule has 0 N–H and O–H groups in total. The Morgan fingerprint density at radius 2 is 2.15 bits per heavy atom. The summed E-state index contributed by atoms with van der Waals surface area (Å²) < 4.78 is 0.832. The van der Waals surface area contributed by atoms with Crippen LogP contribution in [-0.2, 0) is 4.79 Å². The molecule has 0 atom stereocenters. The largest absolute Gasteiger partial charge is 0.240 e. The molecule has 0 radical (unpaired) electrons. The van der Waals surface area contributed by atoms with Crippen LogP contribution in [0.25, 0.3) is 0 Å². The zero-order valence-electron chi connectivity index (χ0n) is 6.30. The number of isocyanates is 1. The SMILES string of the molecule is O=C=Nc1ccc(Br)cc1C(Cl)Cl. The third kappa shape index (κ3) is 2.82. The lowest BCUT2D eigenvalue weighted by molar-refractivity contribution is 0.565. The Kier molecular flexibility index (Phi) is 3.94. The molecule has 0 aliphatic rings. The predicted molar refractivity (Wildman–Crippen MR) is 56.4 cm³/mol. The van der Waals surface area contributed by atoms with Crippen molar-refractivity contribution >= 4 is 50.9 Å². The van der Waals surface area contributed by atoms with Crippen LogP contribution in [0.2, 0.25) is 0 Å². The highest BCUT2D eigenvalue weighted by Crippen LogP contribution is 2.34. The van der Waals surface area contributed by atoms with Gasteiger partial charge in [0.25, 0.3) is 0 Å². The van der Waals surface area contributed by atoms with Gasteiger partial charge in [-0.2, -0.15) is 4.99 Å². The number of hydrogen-bond acceptors (Lipinski definition) is 2. The van der Waals surface area contributed by atoms with E-state index in [0.717, 1.165) is 4.47 Å². The predicted octanol–water partition coefficient (Wildman–Crippen LogP) is 3.89. The summed E-state index contributed by atoms with van der Waals surface area (Å²) in [6.45, 7) is 0. The van der Waals surface area contributed by atoms with Crippen molar-refractivity contribution in [3.63, 3.8) is 0 Å². The Morgan fingerprint density at radius 1 is 1.46 bits per heavy atom. The number of hydrogen-bond donors (Lipinski definition) is 0. The first-order valence-electron chi connectivity index (χ1n) is 3.30. The van der Waals surface area contributed by atoms with Gasteiger partial charge in [0.05, 0.1) is 5.69 Å². The molecule has 0 bridgehead atoms. The molecule has 13 heavy (non-hydrogen) atoms. The minimum atomic E-state index is -0.704. The number of halogens is 3. The normalized spacial score (nSPS) is 9.85. The van der Waals surface area contributed by atoms with Gasteiger partial charge in [-0.15, -0.1) is 0 Å². The third-order valence-electron chi connectivity index (χ3n) is 1.39. The van der Waals surface area contributed by atoms with Gasteiger partial charge in [0.15, 0.2) is 0 Å². The van der Waals surface area contributed by atoms with Gasteiger partial charge in [-0.1, -0.05) is 39.1 Å². The van der Waals surface area contributed by atoms with E-state index in [9.17, 15) is 4.79 Å². The molecule has 1 aromatic carbocycles. The highest BCUT2D eigenvalue weighted by atomic mass is 79.9. The van der Waals surface area contributed by atoms with Crippen molar-refractivity contribution < 1.29 is 4.79 Å². The zero-order valence-corrected chi connectivity index (χ0v) is 9.40. The molecular weight excluding hydrogens is 277 g/mol. The van der Waals surface area contributed by atoms with Crippen LogP contribution in [0.4, 0.5) is 5.69 Å². The molecule has 1 rings (SSSR count). The fraction of sp³-hybridized carbons (Fsp3) is 0.125.